The van der Waals surface area contributed by atoms with Crippen molar-refractivity contribution in [2.75, 3.05) is 19.8 Å². The second-order valence-corrected chi connectivity index (χ2v) is 10.5. The highest BCUT2D eigenvalue weighted by Crippen LogP contribution is 2.44. The van der Waals surface area contributed by atoms with Crippen LogP contribution >= 0.6 is 0 Å². The van der Waals surface area contributed by atoms with Gasteiger partial charge in [0.05, 0.1) is 43.9 Å². The molecule has 4 fully saturated rings. The minimum atomic E-state index is -2.39. The van der Waals surface area contributed by atoms with Crippen molar-refractivity contribution in [2.45, 2.75) is 97.8 Å². The smallest absolute Gasteiger partial charge is 0.233 e. The molecule has 0 bridgehead atoms. The van der Waals surface area contributed by atoms with Gasteiger partial charge in [-0.1, -0.05) is 0 Å². The van der Waals surface area contributed by atoms with E-state index in [9.17, 15) is 50.4 Å². The Labute approximate surface area is 232 Å². The zero-order valence-electron chi connectivity index (χ0n) is 21.7. The molecule has 0 saturated carbocycles. The molecule has 16 atom stereocenters. The number of imide groups is 1. The van der Waals surface area contributed by atoms with Gasteiger partial charge in [0.2, 0.25) is 11.8 Å². The first kappa shape index (κ1) is 32.4. The molecule has 0 aliphatic carbocycles. The van der Waals surface area contributed by atoms with Crippen LogP contribution in [0, 0.1) is 5.92 Å². The molecule has 0 aromatic rings. The topological polar surface area (TPSA) is 332 Å². The minimum Gasteiger partial charge on any atom is -0.394 e. The number of aliphatic hydroxyl groups excluding tert-OH is 8. The van der Waals surface area contributed by atoms with Gasteiger partial charge in [-0.25, -0.2) is 0 Å². The summed E-state index contributed by atoms with van der Waals surface area (Å²) >= 11 is 0. The number of nitrogens with one attached hydrogen (secondary N) is 1. The second kappa shape index (κ2) is 12.6. The summed E-state index contributed by atoms with van der Waals surface area (Å²) in [6, 6.07) is -4.54. The van der Waals surface area contributed by atoms with E-state index in [0.717, 1.165) is 0 Å². The summed E-state index contributed by atoms with van der Waals surface area (Å²) in [5.74, 6) is -3.24. The fourth-order valence-electron chi connectivity index (χ4n) is 5.72. The van der Waals surface area contributed by atoms with Crippen LogP contribution in [-0.4, -0.2) is 164 Å². The van der Waals surface area contributed by atoms with Crippen LogP contribution in [0.3, 0.4) is 0 Å². The molecule has 4 aliphatic rings. The Bertz CT molecular complexity index is 943. The number of carbonyl (C=O) groups is 2. The van der Waals surface area contributed by atoms with Crippen LogP contribution in [0.5, 0.6) is 0 Å². The van der Waals surface area contributed by atoms with Gasteiger partial charge in [-0.3, -0.25) is 14.9 Å². The lowest BCUT2D eigenvalue weighted by Gasteiger charge is -2.55. The number of nitrogens with two attached hydrogens (primary N) is 3. The van der Waals surface area contributed by atoms with Crippen LogP contribution in [0.4, 0.5) is 0 Å². The van der Waals surface area contributed by atoms with Gasteiger partial charge in [0.25, 0.3) is 0 Å². The zero-order valence-corrected chi connectivity index (χ0v) is 21.7. The fraction of sp³-hybridized carbons (Fsp3) is 0.909. The predicted molar refractivity (Wildman–Crippen MR) is 127 cm³/mol. The SMILES string of the molecule is N[C@H]1[C@H](OC2(C3CC(=O)NC3=O)[C@H](O)[C@@H](N)[C@@H](OC3[C@@H](CO)O[C@@H](O)[C@H](N)[C@H]3O)O[C@@H]2CO)O[C@H](CO)[C@@H](O)[C@@H]1O. The van der Waals surface area contributed by atoms with E-state index < -0.39 is 135 Å². The number of carbonyl (C=O) groups excluding carboxylic acids is 2. The van der Waals surface area contributed by atoms with E-state index in [0.29, 0.717) is 0 Å². The number of amides is 2. The average Bonchev–Trinajstić information content (AvgIpc) is 3.30. The Hall–Kier alpha value is -1.50. The molecule has 4 rings (SSSR count). The zero-order chi connectivity index (χ0) is 30.4. The van der Waals surface area contributed by atoms with Crippen LogP contribution in [-0.2, 0) is 33.3 Å². The highest BCUT2D eigenvalue weighted by atomic mass is 16.7. The number of aliphatic hydroxyl groups is 8. The number of ether oxygens (including phenoxy) is 5. The van der Waals surface area contributed by atoms with Crippen molar-refractivity contribution in [2.24, 2.45) is 23.1 Å². The van der Waals surface area contributed by atoms with E-state index in [-0.39, 0.29) is 0 Å². The standard InChI is InChI=1S/C22H38N4O15/c23-10-15(33)16(7(3-28)37-19(10)36)40-20-12(25)17(34)22(8(4-29)39-20,5-1-9(30)26-18(5)35)41-21-11(24)14(32)13(31)6(2-27)38-21/h5-8,10-17,19-21,27-29,31-34,36H,1-4,23-25H2,(H,26,30,35)/t5?,6-,7-,8-,10-,11-,12-,13-,14-,15-,16?,17-,19-,20-,21+,22?/m1/s1. The van der Waals surface area contributed by atoms with Crippen LogP contribution < -0.4 is 22.5 Å². The average molecular weight is 599 g/mol. The highest BCUT2D eigenvalue weighted by molar-refractivity contribution is 6.04. The van der Waals surface area contributed by atoms with E-state index in [2.05, 4.69) is 5.32 Å². The predicted octanol–water partition coefficient (Wildman–Crippen LogP) is -8.64. The highest BCUT2D eigenvalue weighted by Gasteiger charge is 2.66. The van der Waals surface area contributed by atoms with Gasteiger partial charge < -0.3 is 81.7 Å². The summed E-state index contributed by atoms with van der Waals surface area (Å²) in [6.07, 6.45) is -18.5. The van der Waals surface area contributed by atoms with Crippen LogP contribution in [0.15, 0.2) is 0 Å². The largest absolute Gasteiger partial charge is 0.394 e. The molecule has 3 unspecified atom stereocenters. The summed E-state index contributed by atoms with van der Waals surface area (Å²) < 4.78 is 28.3. The van der Waals surface area contributed by atoms with Crippen molar-refractivity contribution in [3.63, 3.8) is 0 Å². The lowest BCUT2D eigenvalue weighted by atomic mass is 9.72. The van der Waals surface area contributed by atoms with Crippen molar-refractivity contribution < 1.29 is 74.1 Å². The van der Waals surface area contributed by atoms with Crippen molar-refractivity contribution in [3.8, 4) is 0 Å². The molecular formula is C22H38N4O15. The third-order valence-electron chi connectivity index (χ3n) is 8.08. The summed E-state index contributed by atoms with van der Waals surface area (Å²) in [5.41, 5.74) is 15.6. The maximum atomic E-state index is 12.9. The molecule has 15 N–H and O–H groups in total. The Morgan fingerprint density at radius 1 is 0.805 bits per heavy atom. The molecule has 19 nitrogen and oxygen atoms in total. The van der Waals surface area contributed by atoms with E-state index in [1.807, 2.05) is 0 Å². The summed E-state index contributed by atoms with van der Waals surface area (Å²) in [6.45, 7) is -2.51. The van der Waals surface area contributed by atoms with Gasteiger partial charge in [-0.05, 0) is 0 Å². The van der Waals surface area contributed by atoms with E-state index >= 15 is 0 Å². The van der Waals surface area contributed by atoms with Crippen LogP contribution in [0.2, 0.25) is 0 Å². The Balaban J connectivity index is 1.68. The lowest BCUT2D eigenvalue weighted by molar-refractivity contribution is -0.383. The molecule has 0 radical (unpaired) electrons. The molecule has 236 valence electrons. The van der Waals surface area contributed by atoms with E-state index in [1.165, 1.54) is 0 Å². The third-order valence-corrected chi connectivity index (χ3v) is 8.08. The summed E-state index contributed by atoms with van der Waals surface area (Å²) in [7, 11) is 0. The molecule has 4 aliphatic heterocycles. The van der Waals surface area contributed by atoms with Gasteiger partial charge in [-0.2, -0.15) is 0 Å². The number of hydrogen-bond donors (Lipinski definition) is 12. The van der Waals surface area contributed by atoms with Crippen LogP contribution in [0.1, 0.15) is 6.42 Å². The van der Waals surface area contributed by atoms with E-state index in [4.69, 9.17) is 40.9 Å². The summed E-state index contributed by atoms with van der Waals surface area (Å²) in [4.78, 5) is 25.1. The van der Waals surface area contributed by atoms with Gasteiger partial charge in [0.1, 0.15) is 54.4 Å². The Morgan fingerprint density at radius 3 is 2.02 bits per heavy atom. The van der Waals surface area contributed by atoms with E-state index in [1.54, 1.807) is 0 Å². The molecule has 41 heavy (non-hydrogen) atoms. The van der Waals surface area contributed by atoms with Crippen molar-refractivity contribution in [1.29, 1.82) is 0 Å². The van der Waals surface area contributed by atoms with Gasteiger partial charge in [-0.15, -0.1) is 0 Å². The third kappa shape index (κ3) is 5.62. The van der Waals surface area contributed by atoms with Gasteiger partial charge in [0.15, 0.2) is 18.9 Å². The first-order valence-electron chi connectivity index (χ1n) is 12.9. The lowest BCUT2D eigenvalue weighted by Crippen LogP contribution is -2.76. The maximum absolute atomic E-state index is 12.9. The summed E-state index contributed by atoms with van der Waals surface area (Å²) in [5, 5.41) is 84.4. The Kier molecular flexibility index (Phi) is 9.98. The van der Waals surface area contributed by atoms with Crippen molar-refractivity contribution in [3.05, 3.63) is 0 Å². The molecule has 0 spiro atoms. The van der Waals surface area contributed by atoms with Crippen LogP contribution in [0.25, 0.3) is 0 Å². The molecule has 0 aromatic heterocycles. The number of hydrogen-bond acceptors (Lipinski definition) is 18. The molecule has 19 heteroatoms. The fourth-order valence-corrected chi connectivity index (χ4v) is 5.72. The first-order valence-corrected chi connectivity index (χ1v) is 12.9. The second-order valence-electron chi connectivity index (χ2n) is 10.5. The van der Waals surface area contributed by atoms with Crippen molar-refractivity contribution in [1.82, 2.24) is 5.32 Å². The number of rotatable bonds is 8. The molecule has 4 saturated heterocycles. The quantitative estimate of drug-likeness (QED) is 0.115. The molecular weight excluding hydrogens is 560 g/mol. The molecule has 4 heterocycles. The normalized spacial score (nSPS) is 51.0. The molecule has 0 aromatic carbocycles. The maximum Gasteiger partial charge on any atom is 0.233 e. The van der Waals surface area contributed by atoms with Gasteiger partial charge in [0, 0.05) is 6.42 Å². The first-order chi connectivity index (χ1) is 19.3. The monoisotopic (exact) mass is 598 g/mol. The van der Waals surface area contributed by atoms with Crippen molar-refractivity contribution >= 4 is 11.8 Å². The Morgan fingerprint density at radius 2 is 1.46 bits per heavy atom. The van der Waals surface area contributed by atoms with Gasteiger partial charge >= 0.3 is 0 Å². The molecule has 2 amide bonds. The minimum absolute atomic E-state index is 0.556.